The van der Waals surface area contributed by atoms with Crippen molar-refractivity contribution in [2.24, 2.45) is 0 Å². The Bertz CT molecular complexity index is 806. The molecule has 0 spiro atoms. The number of tetrazole rings is 1. The van der Waals surface area contributed by atoms with Crippen molar-refractivity contribution in [3.8, 4) is 17.1 Å². The lowest BCUT2D eigenvalue weighted by Gasteiger charge is -2.06. The number of nitrogens with one attached hydrogen (secondary N) is 2. The van der Waals surface area contributed by atoms with Crippen LogP contribution in [0.25, 0.3) is 11.4 Å². The standard InChI is InChI=1S/C16H15N5O2S/c1-23-13-3-2-4-14(9-13)24-10-15(22)17-12-7-5-11(6-8-12)16-18-20-21-19-16/h2-9H,10H2,1H3,(H,17,22)(H,18,19,20,21). The summed E-state index contributed by atoms with van der Waals surface area (Å²) < 4.78 is 5.17. The summed E-state index contributed by atoms with van der Waals surface area (Å²) in [5, 5.41) is 16.6. The minimum atomic E-state index is -0.0740. The third-order valence-electron chi connectivity index (χ3n) is 3.18. The molecule has 1 amide bonds. The Morgan fingerprint density at radius 2 is 2.08 bits per heavy atom. The quantitative estimate of drug-likeness (QED) is 0.670. The molecule has 0 bridgehead atoms. The highest BCUT2D eigenvalue weighted by molar-refractivity contribution is 8.00. The highest BCUT2D eigenvalue weighted by Crippen LogP contribution is 2.23. The van der Waals surface area contributed by atoms with E-state index < -0.39 is 0 Å². The van der Waals surface area contributed by atoms with E-state index in [0.717, 1.165) is 21.9 Å². The van der Waals surface area contributed by atoms with Gasteiger partial charge in [-0.15, -0.1) is 22.0 Å². The van der Waals surface area contributed by atoms with Gasteiger partial charge < -0.3 is 10.1 Å². The number of ether oxygens (including phenoxy) is 1. The van der Waals surface area contributed by atoms with Crippen molar-refractivity contribution >= 4 is 23.4 Å². The van der Waals surface area contributed by atoms with Gasteiger partial charge in [-0.25, -0.2) is 0 Å². The van der Waals surface area contributed by atoms with Crippen molar-refractivity contribution in [3.05, 3.63) is 48.5 Å². The molecule has 0 saturated heterocycles. The van der Waals surface area contributed by atoms with E-state index in [4.69, 9.17) is 4.74 Å². The fourth-order valence-corrected chi connectivity index (χ4v) is 2.77. The van der Waals surface area contributed by atoms with E-state index in [-0.39, 0.29) is 5.91 Å². The number of carbonyl (C=O) groups is 1. The van der Waals surface area contributed by atoms with Gasteiger partial charge in [-0.3, -0.25) is 4.79 Å². The third-order valence-corrected chi connectivity index (χ3v) is 4.18. The first-order valence-corrected chi connectivity index (χ1v) is 8.14. The number of nitrogens with zero attached hydrogens (tertiary/aromatic N) is 3. The van der Waals surface area contributed by atoms with Crippen LogP contribution >= 0.6 is 11.8 Å². The van der Waals surface area contributed by atoms with Gasteiger partial charge in [0.1, 0.15) is 5.75 Å². The lowest BCUT2D eigenvalue weighted by Crippen LogP contribution is -2.13. The molecule has 8 heteroatoms. The van der Waals surface area contributed by atoms with Crippen molar-refractivity contribution < 1.29 is 9.53 Å². The molecule has 3 aromatic rings. The van der Waals surface area contributed by atoms with Crippen LogP contribution < -0.4 is 10.1 Å². The zero-order valence-electron chi connectivity index (χ0n) is 12.9. The molecule has 1 heterocycles. The van der Waals surface area contributed by atoms with Gasteiger partial charge in [-0.05, 0) is 47.7 Å². The Hall–Kier alpha value is -2.87. The summed E-state index contributed by atoms with van der Waals surface area (Å²) in [6.07, 6.45) is 0. The molecule has 0 radical (unpaired) electrons. The predicted molar refractivity (Wildman–Crippen MR) is 92.0 cm³/mol. The monoisotopic (exact) mass is 341 g/mol. The number of hydrogen-bond acceptors (Lipinski definition) is 6. The van der Waals surface area contributed by atoms with Crippen molar-refractivity contribution in [1.29, 1.82) is 0 Å². The van der Waals surface area contributed by atoms with Crippen molar-refractivity contribution in [1.82, 2.24) is 20.6 Å². The fraction of sp³-hybridized carbons (Fsp3) is 0.125. The summed E-state index contributed by atoms with van der Waals surface area (Å²) in [6.45, 7) is 0. The Balaban J connectivity index is 1.54. The molecule has 2 aromatic carbocycles. The molecule has 3 rings (SSSR count). The lowest BCUT2D eigenvalue weighted by atomic mass is 10.2. The first-order chi connectivity index (χ1) is 11.7. The van der Waals surface area contributed by atoms with Gasteiger partial charge in [0, 0.05) is 16.1 Å². The summed E-state index contributed by atoms with van der Waals surface area (Å²) in [7, 11) is 1.62. The Kier molecular flexibility index (Phi) is 5.07. The molecule has 0 fully saturated rings. The van der Waals surface area contributed by atoms with Crippen LogP contribution in [0.2, 0.25) is 0 Å². The number of amides is 1. The number of anilines is 1. The Labute approximate surface area is 142 Å². The second-order valence-corrected chi connectivity index (χ2v) is 5.88. The summed E-state index contributed by atoms with van der Waals surface area (Å²) in [5.41, 5.74) is 1.55. The van der Waals surface area contributed by atoms with Crippen molar-refractivity contribution in [3.63, 3.8) is 0 Å². The van der Waals surface area contributed by atoms with Crippen LogP contribution in [-0.4, -0.2) is 39.4 Å². The number of aromatic nitrogens is 4. The van der Waals surface area contributed by atoms with E-state index in [1.165, 1.54) is 11.8 Å². The molecular formula is C16H15N5O2S. The predicted octanol–water partition coefficient (Wildman–Crippen LogP) is 2.61. The van der Waals surface area contributed by atoms with Gasteiger partial charge in [0.25, 0.3) is 0 Å². The molecule has 24 heavy (non-hydrogen) atoms. The molecule has 2 N–H and O–H groups in total. The summed E-state index contributed by atoms with van der Waals surface area (Å²) in [4.78, 5) is 13.0. The second kappa shape index (κ2) is 7.60. The van der Waals surface area contributed by atoms with Crippen LogP contribution in [0, 0.1) is 0 Å². The average molecular weight is 341 g/mol. The molecule has 122 valence electrons. The number of thioether (sulfide) groups is 1. The minimum absolute atomic E-state index is 0.0740. The smallest absolute Gasteiger partial charge is 0.234 e. The van der Waals surface area contributed by atoms with E-state index in [1.807, 2.05) is 36.4 Å². The number of H-pyrrole nitrogens is 1. The highest BCUT2D eigenvalue weighted by atomic mass is 32.2. The van der Waals surface area contributed by atoms with Gasteiger partial charge in [0.2, 0.25) is 11.7 Å². The molecule has 0 aliphatic rings. The third kappa shape index (κ3) is 4.11. The maximum atomic E-state index is 12.1. The summed E-state index contributed by atoms with van der Waals surface area (Å²) >= 11 is 1.45. The summed E-state index contributed by atoms with van der Waals surface area (Å²) in [5.74, 6) is 1.54. The zero-order chi connectivity index (χ0) is 16.8. The molecule has 0 aliphatic heterocycles. The Morgan fingerprint density at radius 1 is 1.25 bits per heavy atom. The van der Waals surface area contributed by atoms with Crippen LogP contribution in [0.4, 0.5) is 5.69 Å². The molecule has 0 atom stereocenters. The van der Waals surface area contributed by atoms with Crippen LogP contribution in [0.5, 0.6) is 5.75 Å². The normalized spacial score (nSPS) is 10.4. The maximum Gasteiger partial charge on any atom is 0.234 e. The van der Waals surface area contributed by atoms with Crippen LogP contribution in [0.3, 0.4) is 0 Å². The molecule has 1 aromatic heterocycles. The number of benzene rings is 2. The molecule has 0 saturated carbocycles. The van der Waals surface area contributed by atoms with E-state index in [2.05, 4.69) is 25.9 Å². The largest absolute Gasteiger partial charge is 0.497 e. The SMILES string of the molecule is COc1cccc(SCC(=O)Nc2ccc(-c3nn[nH]n3)cc2)c1. The van der Waals surface area contributed by atoms with Crippen LogP contribution in [0.1, 0.15) is 0 Å². The number of methoxy groups -OCH3 is 1. The average Bonchev–Trinajstić information content (AvgIpc) is 3.15. The van der Waals surface area contributed by atoms with E-state index in [9.17, 15) is 4.79 Å². The van der Waals surface area contributed by atoms with Crippen LogP contribution in [-0.2, 0) is 4.79 Å². The van der Waals surface area contributed by atoms with E-state index >= 15 is 0 Å². The molecule has 0 unspecified atom stereocenters. The summed E-state index contributed by atoms with van der Waals surface area (Å²) in [6, 6.07) is 14.9. The van der Waals surface area contributed by atoms with E-state index in [1.54, 1.807) is 19.2 Å². The van der Waals surface area contributed by atoms with Gasteiger partial charge in [0.15, 0.2) is 0 Å². The number of hydrogen-bond donors (Lipinski definition) is 2. The topological polar surface area (TPSA) is 92.8 Å². The van der Waals surface area contributed by atoms with Gasteiger partial charge in [-0.2, -0.15) is 5.21 Å². The molecular weight excluding hydrogens is 326 g/mol. The highest BCUT2D eigenvalue weighted by Gasteiger charge is 2.06. The second-order valence-electron chi connectivity index (χ2n) is 4.83. The van der Waals surface area contributed by atoms with Gasteiger partial charge >= 0.3 is 0 Å². The van der Waals surface area contributed by atoms with Gasteiger partial charge in [-0.1, -0.05) is 6.07 Å². The van der Waals surface area contributed by atoms with Crippen molar-refractivity contribution in [2.45, 2.75) is 4.90 Å². The molecule has 0 aliphatic carbocycles. The van der Waals surface area contributed by atoms with Crippen molar-refractivity contribution in [2.75, 3.05) is 18.2 Å². The molecule has 7 nitrogen and oxygen atoms in total. The Morgan fingerprint density at radius 3 is 2.79 bits per heavy atom. The van der Waals surface area contributed by atoms with E-state index in [0.29, 0.717) is 11.6 Å². The lowest BCUT2D eigenvalue weighted by molar-refractivity contribution is -0.113. The first-order valence-electron chi connectivity index (χ1n) is 7.15. The number of rotatable bonds is 6. The van der Waals surface area contributed by atoms with Crippen LogP contribution in [0.15, 0.2) is 53.4 Å². The number of carbonyl (C=O) groups excluding carboxylic acids is 1. The first kappa shape index (κ1) is 16.0. The zero-order valence-corrected chi connectivity index (χ0v) is 13.7. The maximum absolute atomic E-state index is 12.1. The minimum Gasteiger partial charge on any atom is -0.497 e. The number of aromatic amines is 1. The van der Waals surface area contributed by atoms with Gasteiger partial charge in [0.05, 0.1) is 12.9 Å². The fourth-order valence-electron chi connectivity index (χ4n) is 2.02.